The van der Waals surface area contributed by atoms with E-state index in [1.165, 1.54) is 36.4 Å². The van der Waals surface area contributed by atoms with E-state index in [4.69, 9.17) is 5.73 Å². The van der Waals surface area contributed by atoms with Crippen LogP contribution in [0.4, 0.5) is 29.1 Å². The SMILES string of the molecule is Cc1ccc(CC(=O)N2CCc3c2ccc(-c2nn(C(C)C)c4ncnc(N)c24)c3F)cc1C(F)(F)F. The molecule has 0 aliphatic carbocycles. The minimum atomic E-state index is -4.51. The Balaban J connectivity index is 1.49. The molecule has 2 N–H and O–H groups in total. The number of nitrogens with two attached hydrogens (primary N) is 1. The van der Waals surface area contributed by atoms with E-state index in [-0.39, 0.29) is 47.9 Å². The highest BCUT2D eigenvalue weighted by Crippen LogP contribution is 2.39. The first-order valence-electron chi connectivity index (χ1n) is 11.7. The number of aryl methyl sites for hydroxylation is 1. The van der Waals surface area contributed by atoms with Gasteiger partial charge in [-0.1, -0.05) is 12.1 Å². The zero-order chi connectivity index (χ0) is 26.6. The van der Waals surface area contributed by atoms with Crippen LogP contribution in [0.15, 0.2) is 36.7 Å². The zero-order valence-corrected chi connectivity index (χ0v) is 20.4. The summed E-state index contributed by atoms with van der Waals surface area (Å²) >= 11 is 0. The quantitative estimate of drug-likeness (QED) is 0.377. The third-order valence-electron chi connectivity index (χ3n) is 6.62. The van der Waals surface area contributed by atoms with Gasteiger partial charge in [-0.2, -0.15) is 18.3 Å². The number of carbonyl (C=O) groups is 1. The maximum atomic E-state index is 15.8. The Labute approximate surface area is 209 Å². The number of anilines is 2. The van der Waals surface area contributed by atoms with E-state index in [0.717, 1.165) is 6.07 Å². The van der Waals surface area contributed by atoms with Crippen molar-refractivity contribution in [3.8, 4) is 11.3 Å². The monoisotopic (exact) mass is 512 g/mol. The van der Waals surface area contributed by atoms with Crippen LogP contribution in [0.5, 0.6) is 0 Å². The van der Waals surface area contributed by atoms with E-state index in [1.807, 2.05) is 13.8 Å². The topological polar surface area (TPSA) is 89.9 Å². The molecule has 0 fully saturated rings. The third kappa shape index (κ3) is 4.17. The number of aromatic nitrogens is 4. The number of amides is 1. The first-order chi connectivity index (χ1) is 17.5. The first-order valence-corrected chi connectivity index (χ1v) is 11.7. The molecule has 1 aliphatic heterocycles. The molecule has 5 rings (SSSR count). The van der Waals surface area contributed by atoms with Crippen molar-refractivity contribution in [1.82, 2.24) is 19.7 Å². The van der Waals surface area contributed by atoms with Gasteiger partial charge in [0.25, 0.3) is 0 Å². The maximum Gasteiger partial charge on any atom is 0.416 e. The molecule has 0 saturated carbocycles. The molecule has 0 unspecified atom stereocenters. The highest BCUT2D eigenvalue weighted by atomic mass is 19.4. The molecule has 1 amide bonds. The number of carbonyl (C=O) groups excluding carboxylic acids is 1. The van der Waals surface area contributed by atoms with Crippen molar-refractivity contribution >= 4 is 28.4 Å². The lowest BCUT2D eigenvalue weighted by molar-refractivity contribution is -0.138. The number of halogens is 4. The fraction of sp³-hybridized carbons (Fsp3) is 0.308. The van der Waals surface area contributed by atoms with E-state index >= 15 is 4.39 Å². The van der Waals surface area contributed by atoms with Crippen LogP contribution in [0.1, 0.15) is 42.1 Å². The van der Waals surface area contributed by atoms with Crippen molar-refractivity contribution in [3.63, 3.8) is 0 Å². The molecule has 0 saturated heterocycles. The Hall–Kier alpha value is -4.02. The molecule has 0 radical (unpaired) electrons. The predicted octanol–water partition coefficient (Wildman–Crippen LogP) is 5.25. The Bertz CT molecular complexity index is 1540. The summed E-state index contributed by atoms with van der Waals surface area (Å²) in [4.78, 5) is 22.8. The molecule has 0 atom stereocenters. The average Bonchev–Trinajstić information content (AvgIpc) is 3.43. The Kier molecular flexibility index (Phi) is 5.88. The molecule has 7 nitrogen and oxygen atoms in total. The summed E-state index contributed by atoms with van der Waals surface area (Å²) in [7, 11) is 0. The number of hydrogen-bond acceptors (Lipinski definition) is 5. The Morgan fingerprint density at radius 1 is 1.16 bits per heavy atom. The molecule has 2 aromatic heterocycles. The van der Waals surface area contributed by atoms with Gasteiger partial charge in [0, 0.05) is 29.4 Å². The first kappa shape index (κ1) is 24.7. The van der Waals surface area contributed by atoms with Gasteiger partial charge >= 0.3 is 6.18 Å². The molecule has 2 aromatic carbocycles. The number of fused-ring (bicyclic) bond motifs is 2. The van der Waals surface area contributed by atoms with Crippen molar-refractivity contribution in [2.75, 3.05) is 17.2 Å². The lowest BCUT2D eigenvalue weighted by Gasteiger charge is -2.19. The summed E-state index contributed by atoms with van der Waals surface area (Å²) in [6.07, 6.45) is -3.15. The summed E-state index contributed by atoms with van der Waals surface area (Å²) in [6, 6.07) is 6.96. The molecule has 0 spiro atoms. The molecule has 1 aliphatic rings. The van der Waals surface area contributed by atoms with Gasteiger partial charge in [0.2, 0.25) is 5.91 Å². The van der Waals surface area contributed by atoms with Gasteiger partial charge < -0.3 is 10.6 Å². The van der Waals surface area contributed by atoms with Crippen LogP contribution < -0.4 is 10.6 Å². The molecular formula is C26H24F4N6O. The van der Waals surface area contributed by atoms with E-state index in [9.17, 15) is 18.0 Å². The second-order valence-electron chi connectivity index (χ2n) is 9.39. The molecule has 11 heteroatoms. The van der Waals surface area contributed by atoms with E-state index in [0.29, 0.717) is 28.0 Å². The van der Waals surface area contributed by atoms with Crippen molar-refractivity contribution < 1.29 is 22.4 Å². The van der Waals surface area contributed by atoms with Crippen LogP contribution in [0.25, 0.3) is 22.3 Å². The number of hydrogen-bond donors (Lipinski definition) is 1. The smallest absolute Gasteiger partial charge is 0.383 e. The summed E-state index contributed by atoms with van der Waals surface area (Å²) in [5.74, 6) is -0.754. The molecule has 4 aromatic rings. The number of alkyl halides is 3. The fourth-order valence-electron chi connectivity index (χ4n) is 4.79. The van der Waals surface area contributed by atoms with Gasteiger partial charge in [-0.05, 0) is 56.5 Å². The van der Waals surface area contributed by atoms with Crippen LogP contribution in [-0.4, -0.2) is 32.2 Å². The van der Waals surface area contributed by atoms with Gasteiger partial charge in [0.1, 0.15) is 23.7 Å². The van der Waals surface area contributed by atoms with Crippen LogP contribution >= 0.6 is 0 Å². The summed E-state index contributed by atoms with van der Waals surface area (Å²) < 4.78 is 57.4. The highest BCUT2D eigenvalue weighted by Gasteiger charge is 2.34. The van der Waals surface area contributed by atoms with Gasteiger partial charge in [-0.25, -0.2) is 19.0 Å². The third-order valence-corrected chi connectivity index (χ3v) is 6.62. The summed E-state index contributed by atoms with van der Waals surface area (Å²) in [5, 5.41) is 5.02. The second-order valence-corrected chi connectivity index (χ2v) is 9.39. The number of nitrogens with zero attached hydrogens (tertiary/aromatic N) is 5. The van der Waals surface area contributed by atoms with Crippen LogP contribution in [0.3, 0.4) is 0 Å². The largest absolute Gasteiger partial charge is 0.416 e. The second kappa shape index (κ2) is 8.82. The van der Waals surface area contributed by atoms with Crippen molar-refractivity contribution in [2.45, 2.75) is 45.8 Å². The zero-order valence-electron chi connectivity index (χ0n) is 20.4. The van der Waals surface area contributed by atoms with Gasteiger partial charge in [0.15, 0.2) is 5.65 Å². The standard InChI is InChI=1S/C26H24F4N6O/c1-13(2)36-25-21(24(31)32-12-33-25)23(34-36)17-6-7-19-16(22(17)27)8-9-35(19)20(37)11-15-5-4-14(3)18(10-15)26(28,29)30/h4-7,10,12-13H,8-9,11H2,1-3H3,(H2,31,32,33). The van der Waals surface area contributed by atoms with Gasteiger partial charge in [0.05, 0.1) is 17.4 Å². The van der Waals surface area contributed by atoms with Gasteiger partial charge in [-0.3, -0.25) is 4.79 Å². The summed E-state index contributed by atoms with van der Waals surface area (Å²) in [5.41, 5.74) is 7.42. The summed E-state index contributed by atoms with van der Waals surface area (Å²) in [6.45, 7) is 5.43. The Morgan fingerprint density at radius 2 is 1.92 bits per heavy atom. The predicted molar refractivity (Wildman–Crippen MR) is 131 cm³/mol. The molecule has 0 bridgehead atoms. The molecular weight excluding hydrogens is 488 g/mol. The number of nitrogen functional groups attached to an aromatic ring is 1. The number of rotatable bonds is 4. The normalized spacial score (nSPS) is 13.6. The van der Waals surface area contributed by atoms with Crippen molar-refractivity contribution in [2.24, 2.45) is 0 Å². The lowest BCUT2D eigenvalue weighted by atomic mass is 10.0. The Morgan fingerprint density at radius 3 is 2.62 bits per heavy atom. The average molecular weight is 513 g/mol. The van der Waals surface area contributed by atoms with Gasteiger partial charge in [-0.15, -0.1) is 0 Å². The van der Waals surface area contributed by atoms with E-state index < -0.39 is 23.5 Å². The maximum absolute atomic E-state index is 15.8. The fourth-order valence-corrected chi connectivity index (χ4v) is 4.79. The lowest BCUT2D eigenvalue weighted by Crippen LogP contribution is -2.30. The van der Waals surface area contributed by atoms with Crippen molar-refractivity contribution in [3.05, 3.63) is 64.7 Å². The van der Waals surface area contributed by atoms with Crippen molar-refractivity contribution in [1.29, 1.82) is 0 Å². The van der Waals surface area contributed by atoms with Crippen LogP contribution in [0.2, 0.25) is 0 Å². The molecule has 37 heavy (non-hydrogen) atoms. The minimum Gasteiger partial charge on any atom is -0.383 e. The highest BCUT2D eigenvalue weighted by molar-refractivity contribution is 6.00. The number of benzene rings is 2. The van der Waals surface area contributed by atoms with E-state index in [1.54, 1.807) is 10.7 Å². The van der Waals surface area contributed by atoms with Crippen LogP contribution in [0, 0.1) is 12.7 Å². The van der Waals surface area contributed by atoms with E-state index in [2.05, 4.69) is 15.1 Å². The minimum absolute atomic E-state index is 0.0595. The molecule has 3 heterocycles. The van der Waals surface area contributed by atoms with Crippen LogP contribution in [-0.2, 0) is 23.8 Å². The molecule has 192 valence electrons.